The van der Waals surface area contributed by atoms with Crippen molar-refractivity contribution in [1.82, 2.24) is 15.5 Å². The number of rotatable bonds is 7. The van der Waals surface area contributed by atoms with Crippen LogP contribution < -0.4 is 16.0 Å². The van der Waals surface area contributed by atoms with E-state index in [4.69, 9.17) is 4.42 Å². The first-order valence-corrected chi connectivity index (χ1v) is 12.1. The highest BCUT2D eigenvalue weighted by molar-refractivity contribution is 6.00. The Bertz CT molecular complexity index is 1110. The zero-order valence-electron chi connectivity index (χ0n) is 21.0. The Morgan fingerprint density at radius 3 is 2.56 bits per heavy atom. The molecule has 3 N–H and O–H groups in total. The molecule has 1 saturated heterocycles. The van der Waals surface area contributed by atoms with Crippen LogP contribution in [0.15, 0.2) is 34.9 Å². The summed E-state index contributed by atoms with van der Waals surface area (Å²) in [5, 5.41) is 8.03. The number of carbonyl (C=O) groups is 4. The van der Waals surface area contributed by atoms with Crippen LogP contribution in [0.4, 0.5) is 14.9 Å². The maximum absolute atomic E-state index is 13.9. The third-order valence-corrected chi connectivity index (χ3v) is 6.09. The summed E-state index contributed by atoms with van der Waals surface area (Å²) in [6, 6.07) is 3.55. The Morgan fingerprint density at radius 2 is 1.92 bits per heavy atom. The minimum Gasteiger partial charge on any atom is -0.469 e. The van der Waals surface area contributed by atoms with Crippen molar-refractivity contribution in [3.63, 3.8) is 0 Å². The summed E-state index contributed by atoms with van der Waals surface area (Å²) in [6.07, 6.45) is 2.68. The number of nitrogens with zero attached hydrogens (tertiary/aromatic N) is 1. The first kappa shape index (κ1) is 26.9. The van der Waals surface area contributed by atoms with E-state index < -0.39 is 35.7 Å². The number of carbonyl (C=O) groups excluding carboxylic acids is 4. The molecular weight excluding hydrogens is 467 g/mol. The smallest absolute Gasteiger partial charge is 0.322 e. The fraction of sp³-hybridized carbons (Fsp3) is 0.462. The predicted octanol–water partition coefficient (Wildman–Crippen LogP) is 3.56. The van der Waals surface area contributed by atoms with E-state index in [1.165, 1.54) is 29.4 Å². The summed E-state index contributed by atoms with van der Waals surface area (Å²) in [6.45, 7) is 7.36. The van der Waals surface area contributed by atoms with Gasteiger partial charge >= 0.3 is 6.03 Å². The second-order valence-corrected chi connectivity index (χ2v) is 9.51. The fourth-order valence-electron chi connectivity index (χ4n) is 4.22. The number of halogens is 1. The molecule has 36 heavy (non-hydrogen) atoms. The van der Waals surface area contributed by atoms with Gasteiger partial charge in [-0.2, -0.15) is 0 Å². The third kappa shape index (κ3) is 6.71. The van der Waals surface area contributed by atoms with Crippen LogP contribution in [0.3, 0.4) is 0 Å². The van der Waals surface area contributed by atoms with E-state index in [9.17, 15) is 23.6 Å². The number of amides is 4. The molecule has 2 heterocycles. The normalized spacial score (nSPS) is 16.9. The highest BCUT2D eigenvalue weighted by atomic mass is 19.1. The molecule has 4 amide bonds. The monoisotopic (exact) mass is 500 g/mol. The molecule has 2 atom stereocenters. The second kappa shape index (κ2) is 11.8. The van der Waals surface area contributed by atoms with Crippen molar-refractivity contribution in [2.24, 2.45) is 5.92 Å². The molecule has 1 aliphatic rings. The number of nitrogens with one attached hydrogen (secondary N) is 3. The van der Waals surface area contributed by atoms with E-state index in [0.717, 1.165) is 0 Å². The lowest BCUT2D eigenvalue weighted by molar-refractivity contribution is -0.129. The lowest BCUT2D eigenvalue weighted by Crippen LogP contribution is -2.53. The molecule has 1 aromatic carbocycles. The minimum atomic E-state index is -0.845. The topological polar surface area (TPSA) is 121 Å². The highest BCUT2D eigenvalue weighted by Gasteiger charge is 2.32. The van der Waals surface area contributed by atoms with Crippen LogP contribution in [0.1, 0.15) is 54.8 Å². The number of urea groups is 1. The van der Waals surface area contributed by atoms with Gasteiger partial charge in [0.2, 0.25) is 5.91 Å². The average Bonchev–Trinajstić information content (AvgIpc) is 3.04. The van der Waals surface area contributed by atoms with Crippen LogP contribution in [-0.2, 0) is 9.59 Å². The molecule has 0 saturated carbocycles. The Balaban J connectivity index is 1.64. The van der Waals surface area contributed by atoms with Gasteiger partial charge in [-0.3, -0.25) is 14.4 Å². The van der Waals surface area contributed by atoms with E-state index in [1.54, 1.807) is 19.9 Å². The molecule has 10 heteroatoms. The number of likely N-dealkylation sites (tertiary alicyclic amines) is 1. The van der Waals surface area contributed by atoms with Crippen molar-refractivity contribution in [3.8, 4) is 0 Å². The molecule has 0 bridgehead atoms. The number of para-hydroxylation sites is 1. The van der Waals surface area contributed by atoms with Crippen molar-refractivity contribution < 1.29 is 28.0 Å². The van der Waals surface area contributed by atoms with E-state index in [2.05, 4.69) is 16.0 Å². The van der Waals surface area contributed by atoms with Crippen molar-refractivity contribution in [1.29, 1.82) is 0 Å². The van der Waals surface area contributed by atoms with Crippen LogP contribution >= 0.6 is 0 Å². The van der Waals surface area contributed by atoms with Crippen LogP contribution in [0.25, 0.3) is 0 Å². The largest absolute Gasteiger partial charge is 0.469 e. The molecule has 2 unspecified atom stereocenters. The summed E-state index contributed by atoms with van der Waals surface area (Å²) in [4.78, 5) is 52.8. The van der Waals surface area contributed by atoms with Crippen LogP contribution in [0.5, 0.6) is 0 Å². The fourth-order valence-corrected chi connectivity index (χ4v) is 4.22. The van der Waals surface area contributed by atoms with Gasteiger partial charge in [0.05, 0.1) is 30.1 Å². The zero-order valence-corrected chi connectivity index (χ0v) is 21.0. The Hall–Kier alpha value is -3.69. The average molecular weight is 501 g/mol. The SMILES string of the molecule is Cc1coc(C)c1C(=O)NC(CC(C)C)C(=O)NC1CCCN(C(=O)Nc2ccccc2F)CC1=O. The van der Waals surface area contributed by atoms with Gasteiger partial charge in [-0.05, 0) is 51.2 Å². The van der Waals surface area contributed by atoms with Gasteiger partial charge in [0.15, 0.2) is 5.78 Å². The molecule has 1 fully saturated rings. The number of Topliss-reactive ketones (excluding diaryl/α,β-unsaturated/α-hetero) is 1. The van der Waals surface area contributed by atoms with Crippen LogP contribution in [-0.4, -0.2) is 53.7 Å². The Labute approximate surface area is 209 Å². The van der Waals surface area contributed by atoms with Crippen molar-refractivity contribution in [3.05, 3.63) is 53.2 Å². The number of furan rings is 1. The van der Waals surface area contributed by atoms with Gasteiger partial charge < -0.3 is 25.3 Å². The highest BCUT2D eigenvalue weighted by Crippen LogP contribution is 2.18. The van der Waals surface area contributed by atoms with Crippen LogP contribution in [0, 0.1) is 25.6 Å². The van der Waals surface area contributed by atoms with Gasteiger partial charge in [0.1, 0.15) is 17.6 Å². The molecule has 9 nitrogen and oxygen atoms in total. The van der Waals surface area contributed by atoms with Gasteiger partial charge in [-0.25, -0.2) is 9.18 Å². The van der Waals surface area contributed by atoms with E-state index in [1.807, 2.05) is 13.8 Å². The number of benzene rings is 1. The molecule has 194 valence electrons. The lowest BCUT2D eigenvalue weighted by Gasteiger charge is -2.24. The summed E-state index contributed by atoms with van der Waals surface area (Å²) in [7, 11) is 0. The number of ketones is 1. The standard InChI is InChI=1S/C26H33FN4O5/c1-15(2)12-21(29-25(34)23-16(3)14-36-17(23)4)24(33)28-20-10-7-11-31(13-22(20)32)26(35)30-19-9-6-5-8-18(19)27/h5-6,8-9,14-15,20-21H,7,10-13H2,1-4H3,(H,28,33)(H,29,34)(H,30,35). The maximum Gasteiger partial charge on any atom is 0.322 e. The van der Waals surface area contributed by atoms with Gasteiger partial charge in [0.25, 0.3) is 5.91 Å². The molecular formula is C26H33FN4O5. The van der Waals surface area contributed by atoms with Crippen LogP contribution in [0.2, 0.25) is 0 Å². The van der Waals surface area contributed by atoms with E-state index >= 15 is 0 Å². The summed E-state index contributed by atoms with van der Waals surface area (Å²) >= 11 is 0. The summed E-state index contributed by atoms with van der Waals surface area (Å²) in [5.41, 5.74) is 1.08. The van der Waals surface area contributed by atoms with Crippen molar-refractivity contribution in [2.45, 2.75) is 59.0 Å². The van der Waals surface area contributed by atoms with E-state index in [0.29, 0.717) is 36.1 Å². The second-order valence-electron chi connectivity index (χ2n) is 9.51. The third-order valence-electron chi connectivity index (χ3n) is 6.09. The van der Waals surface area contributed by atoms with Crippen molar-refractivity contribution in [2.75, 3.05) is 18.4 Å². The van der Waals surface area contributed by atoms with E-state index in [-0.39, 0.29) is 30.5 Å². The number of hydrogen-bond acceptors (Lipinski definition) is 5. The lowest BCUT2D eigenvalue weighted by atomic mass is 10.0. The summed E-state index contributed by atoms with van der Waals surface area (Å²) < 4.78 is 19.2. The Kier molecular flexibility index (Phi) is 8.84. The number of anilines is 1. The maximum atomic E-state index is 13.9. The minimum absolute atomic E-state index is 0.0272. The van der Waals surface area contributed by atoms with Crippen molar-refractivity contribution >= 4 is 29.3 Å². The Morgan fingerprint density at radius 1 is 1.19 bits per heavy atom. The molecule has 0 radical (unpaired) electrons. The molecule has 0 spiro atoms. The molecule has 0 aliphatic carbocycles. The quantitative estimate of drug-likeness (QED) is 0.537. The molecule has 1 aliphatic heterocycles. The van der Waals surface area contributed by atoms with Gasteiger partial charge in [-0.15, -0.1) is 0 Å². The number of aryl methyl sites for hydroxylation is 2. The summed E-state index contributed by atoms with van der Waals surface area (Å²) in [5.74, 6) is -1.21. The molecule has 1 aromatic heterocycles. The van der Waals surface area contributed by atoms with Gasteiger partial charge in [-0.1, -0.05) is 26.0 Å². The first-order chi connectivity index (χ1) is 17.1. The molecule has 2 aromatic rings. The molecule has 3 rings (SSSR count). The first-order valence-electron chi connectivity index (χ1n) is 12.1. The number of hydrogen-bond donors (Lipinski definition) is 3. The van der Waals surface area contributed by atoms with Gasteiger partial charge in [0, 0.05) is 12.1 Å². The predicted molar refractivity (Wildman–Crippen MR) is 132 cm³/mol. The zero-order chi connectivity index (χ0) is 26.4.